The third-order valence-corrected chi connectivity index (χ3v) is 3.90. The summed E-state index contributed by atoms with van der Waals surface area (Å²) >= 11 is 0. The van der Waals surface area contributed by atoms with Gasteiger partial charge in [-0.2, -0.15) is 0 Å². The summed E-state index contributed by atoms with van der Waals surface area (Å²) in [6, 6.07) is -0.612. The molecule has 0 fully saturated rings. The third-order valence-electron chi connectivity index (χ3n) is 3.09. The molecule has 7 heteroatoms. The summed E-state index contributed by atoms with van der Waals surface area (Å²) in [5, 5.41) is 2.50. The summed E-state index contributed by atoms with van der Waals surface area (Å²) in [5.74, 6) is -0.996. The molecule has 1 N–H and O–H groups in total. The number of carbonyl (C=O) groups excluding carboxylic acids is 1. The first kappa shape index (κ1) is 23.4. The molecule has 0 aliphatic rings. The second kappa shape index (κ2) is 13.8. The van der Waals surface area contributed by atoms with Crippen LogP contribution in [0.5, 0.6) is 0 Å². The number of hydrogen-bond acceptors (Lipinski definition) is 4. The van der Waals surface area contributed by atoms with E-state index in [1.807, 2.05) is 0 Å². The summed E-state index contributed by atoms with van der Waals surface area (Å²) in [4.78, 5) is 11.2. The van der Waals surface area contributed by atoms with Crippen LogP contribution in [0.3, 0.4) is 0 Å². The van der Waals surface area contributed by atoms with E-state index in [4.69, 9.17) is 0 Å². The molecular formula is C14H26NNaO4S. The molecule has 1 atom stereocenters. The summed E-state index contributed by atoms with van der Waals surface area (Å²) in [6.45, 7) is 5.47. The fourth-order valence-corrected chi connectivity index (χ4v) is 2.79. The number of rotatable bonds is 12. The molecule has 5 nitrogen and oxygen atoms in total. The fourth-order valence-electron chi connectivity index (χ4n) is 2.05. The van der Waals surface area contributed by atoms with Crippen LogP contribution < -0.4 is 34.9 Å². The quantitative estimate of drug-likeness (QED) is 0.223. The van der Waals surface area contributed by atoms with Crippen molar-refractivity contribution in [2.45, 2.75) is 64.3 Å². The van der Waals surface area contributed by atoms with E-state index >= 15 is 0 Å². The van der Waals surface area contributed by atoms with Crippen molar-refractivity contribution in [1.82, 2.24) is 5.32 Å². The van der Waals surface area contributed by atoms with Crippen LogP contribution in [0.4, 0.5) is 0 Å². The molecule has 0 aliphatic heterocycles. The summed E-state index contributed by atoms with van der Waals surface area (Å²) < 4.78 is 32.4. The minimum Gasteiger partial charge on any atom is -0.748 e. The molecule has 1 amide bonds. The molecule has 0 aromatic rings. The molecule has 0 saturated heterocycles. The van der Waals surface area contributed by atoms with E-state index in [1.54, 1.807) is 0 Å². The Kier molecular flexibility index (Phi) is 15.3. The summed E-state index contributed by atoms with van der Waals surface area (Å²) in [7, 11) is -4.33. The first-order chi connectivity index (χ1) is 9.39. The van der Waals surface area contributed by atoms with Crippen molar-refractivity contribution in [1.29, 1.82) is 0 Å². The Labute approximate surface area is 151 Å². The van der Waals surface area contributed by atoms with E-state index in [-0.39, 0.29) is 29.6 Å². The molecule has 0 spiro atoms. The van der Waals surface area contributed by atoms with Crippen molar-refractivity contribution in [2.24, 2.45) is 0 Å². The van der Waals surface area contributed by atoms with Gasteiger partial charge in [-0.15, -0.1) is 0 Å². The van der Waals surface area contributed by atoms with Crippen LogP contribution in [0.15, 0.2) is 12.7 Å². The Hall–Kier alpha value is 0.120. The smallest absolute Gasteiger partial charge is 0.748 e. The minimum absolute atomic E-state index is 0. The topological polar surface area (TPSA) is 86.3 Å². The van der Waals surface area contributed by atoms with Crippen LogP contribution in [0.1, 0.15) is 58.3 Å². The first-order valence-electron chi connectivity index (χ1n) is 7.25. The average Bonchev–Trinajstić information content (AvgIpc) is 2.35. The Balaban J connectivity index is 0. The molecule has 0 aromatic carbocycles. The van der Waals surface area contributed by atoms with Crippen LogP contribution in [0, 0.1) is 0 Å². The van der Waals surface area contributed by atoms with E-state index in [1.165, 1.54) is 25.7 Å². The number of amides is 1. The largest absolute Gasteiger partial charge is 1.00 e. The Morgan fingerprint density at radius 1 is 1.19 bits per heavy atom. The maximum absolute atomic E-state index is 11.2. The van der Waals surface area contributed by atoms with E-state index in [0.29, 0.717) is 6.42 Å². The van der Waals surface area contributed by atoms with Gasteiger partial charge >= 0.3 is 29.6 Å². The number of unbranched alkanes of at least 4 members (excludes halogenated alkanes) is 6. The average molecular weight is 327 g/mol. The maximum Gasteiger partial charge on any atom is 1.00 e. The van der Waals surface area contributed by atoms with E-state index in [0.717, 1.165) is 25.3 Å². The third kappa shape index (κ3) is 16.3. The number of nitrogens with one attached hydrogen (secondary N) is 1. The van der Waals surface area contributed by atoms with Gasteiger partial charge in [0.2, 0.25) is 5.91 Å². The molecule has 0 radical (unpaired) electrons. The Morgan fingerprint density at radius 3 is 2.19 bits per heavy atom. The zero-order valence-electron chi connectivity index (χ0n) is 13.3. The van der Waals surface area contributed by atoms with Crippen molar-refractivity contribution >= 4 is 16.0 Å². The molecule has 1 unspecified atom stereocenters. The van der Waals surface area contributed by atoms with Gasteiger partial charge in [-0.3, -0.25) is 4.79 Å². The van der Waals surface area contributed by atoms with Gasteiger partial charge in [-0.05, 0) is 12.5 Å². The Bertz CT molecular complexity index is 384. The molecule has 0 heterocycles. The van der Waals surface area contributed by atoms with Gasteiger partial charge in [0.25, 0.3) is 0 Å². The SMILES string of the molecule is C=CC(=O)NC(CCCCCCCCC)CS(=O)(=O)[O-].[Na+]. The van der Waals surface area contributed by atoms with Crippen LogP contribution in [0.25, 0.3) is 0 Å². The predicted molar refractivity (Wildman–Crippen MR) is 79.3 cm³/mol. The molecule has 0 aromatic heterocycles. The molecule has 0 saturated carbocycles. The molecular weight excluding hydrogens is 301 g/mol. The monoisotopic (exact) mass is 327 g/mol. The standard InChI is InChI=1S/C14H27NO4S.Na/c1-3-5-6-7-8-9-10-11-13(12-20(17,18)19)15-14(16)4-2;/h4,13H,2-3,5-12H2,1H3,(H,15,16)(H,17,18,19);/q;+1/p-1. The summed E-state index contributed by atoms with van der Waals surface area (Å²) in [6.07, 6.45) is 9.34. The van der Waals surface area contributed by atoms with Gasteiger partial charge in [-0.25, -0.2) is 8.42 Å². The van der Waals surface area contributed by atoms with Gasteiger partial charge < -0.3 is 9.87 Å². The summed E-state index contributed by atoms with van der Waals surface area (Å²) in [5.41, 5.74) is 0. The van der Waals surface area contributed by atoms with Crippen molar-refractivity contribution in [3.05, 3.63) is 12.7 Å². The molecule has 0 rings (SSSR count). The zero-order valence-corrected chi connectivity index (χ0v) is 16.1. The van der Waals surface area contributed by atoms with Crippen molar-refractivity contribution in [3.8, 4) is 0 Å². The second-order valence-electron chi connectivity index (χ2n) is 5.04. The van der Waals surface area contributed by atoms with Crippen molar-refractivity contribution < 1.29 is 47.3 Å². The van der Waals surface area contributed by atoms with Gasteiger partial charge in [0.05, 0.1) is 15.9 Å². The molecule has 0 aliphatic carbocycles. The predicted octanol–water partition coefficient (Wildman–Crippen LogP) is -0.653. The maximum atomic E-state index is 11.2. The van der Waals surface area contributed by atoms with E-state index in [9.17, 15) is 17.8 Å². The van der Waals surface area contributed by atoms with Crippen molar-refractivity contribution in [2.75, 3.05) is 5.75 Å². The van der Waals surface area contributed by atoms with Gasteiger partial charge in [0, 0.05) is 6.04 Å². The van der Waals surface area contributed by atoms with E-state index in [2.05, 4.69) is 18.8 Å². The minimum atomic E-state index is -4.33. The van der Waals surface area contributed by atoms with Crippen LogP contribution in [-0.2, 0) is 14.9 Å². The zero-order chi connectivity index (χ0) is 15.4. The molecule has 0 bridgehead atoms. The fraction of sp³-hybridized carbons (Fsp3) is 0.786. The van der Waals surface area contributed by atoms with Crippen LogP contribution >= 0.6 is 0 Å². The first-order valence-corrected chi connectivity index (χ1v) is 8.83. The van der Waals surface area contributed by atoms with Gasteiger partial charge in [-0.1, -0.05) is 58.4 Å². The number of carbonyl (C=O) groups is 1. The van der Waals surface area contributed by atoms with Gasteiger partial charge in [0.15, 0.2) is 0 Å². The second-order valence-corrected chi connectivity index (χ2v) is 6.49. The van der Waals surface area contributed by atoms with Crippen molar-refractivity contribution in [3.63, 3.8) is 0 Å². The van der Waals surface area contributed by atoms with Crippen LogP contribution in [-0.4, -0.2) is 30.7 Å². The van der Waals surface area contributed by atoms with Gasteiger partial charge in [0.1, 0.15) is 0 Å². The normalized spacial score (nSPS) is 12.3. The van der Waals surface area contributed by atoms with Crippen LogP contribution in [0.2, 0.25) is 0 Å². The molecule has 118 valence electrons. The molecule has 21 heavy (non-hydrogen) atoms. The Morgan fingerprint density at radius 2 is 1.71 bits per heavy atom. The number of hydrogen-bond donors (Lipinski definition) is 1. The van der Waals surface area contributed by atoms with E-state index < -0.39 is 27.8 Å².